The van der Waals surface area contributed by atoms with Crippen LogP contribution in [0.3, 0.4) is 0 Å². The molecular formula is C30H41NO9. The smallest absolute Gasteiger partial charge is 0.326 e. The van der Waals surface area contributed by atoms with Crippen LogP contribution in [0.5, 0.6) is 0 Å². The van der Waals surface area contributed by atoms with Crippen molar-refractivity contribution in [3.8, 4) is 0 Å². The minimum Gasteiger partial charge on any atom is -0.480 e. The fourth-order valence-electron chi connectivity index (χ4n) is 9.05. The van der Waals surface area contributed by atoms with E-state index in [1.807, 2.05) is 13.0 Å². The molecule has 4 fully saturated rings. The Kier molecular flexibility index (Phi) is 7.48. The van der Waals surface area contributed by atoms with Crippen LogP contribution in [0.1, 0.15) is 84.5 Å². The van der Waals surface area contributed by atoms with Gasteiger partial charge in [-0.3, -0.25) is 19.2 Å². The fraction of sp³-hybridized carbons (Fsp3) is 0.767. The number of likely N-dealkylation sites (tertiary alicyclic amines) is 1. The van der Waals surface area contributed by atoms with Gasteiger partial charge in [0, 0.05) is 31.2 Å². The number of carboxylic acid groups (broad SMARTS) is 1. The molecule has 8 atom stereocenters. The first-order chi connectivity index (χ1) is 18.8. The van der Waals surface area contributed by atoms with Gasteiger partial charge in [-0.25, -0.2) is 4.79 Å². The second-order valence-electron chi connectivity index (χ2n) is 13.2. The number of hydrogen-bond acceptors (Lipinski definition) is 8. The third kappa shape index (κ3) is 4.61. The number of aliphatic hydroxyl groups excluding tert-OH is 1. The lowest BCUT2D eigenvalue weighted by atomic mass is 9.46. The van der Waals surface area contributed by atoms with Crippen LogP contribution in [0.4, 0.5) is 0 Å². The second-order valence-corrected chi connectivity index (χ2v) is 13.2. The van der Waals surface area contributed by atoms with Gasteiger partial charge in [-0.1, -0.05) is 19.4 Å². The number of aliphatic hydroxyl groups is 2. The summed E-state index contributed by atoms with van der Waals surface area (Å²) in [6.07, 6.45) is 6.12. The van der Waals surface area contributed by atoms with Crippen LogP contribution < -0.4 is 0 Å². The first-order valence-corrected chi connectivity index (χ1v) is 14.7. The highest BCUT2D eigenvalue weighted by Gasteiger charge is 2.66. The Bertz CT molecular complexity index is 1150. The summed E-state index contributed by atoms with van der Waals surface area (Å²) in [5.41, 5.74) is -0.965. The Labute approximate surface area is 234 Å². The summed E-state index contributed by atoms with van der Waals surface area (Å²) in [5.74, 6) is -1.91. The summed E-state index contributed by atoms with van der Waals surface area (Å²) < 4.78 is 5.19. The summed E-state index contributed by atoms with van der Waals surface area (Å²) in [4.78, 5) is 62.7. The van der Waals surface area contributed by atoms with E-state index >= 15 is 0 Å². The third-order valence-electron chi connectivity index (χ3n) is 11.4. The molecule has 0 aromatic rings. The maximum atomic E-state index is 13.4. The number of β-amino-alcohol motifs (C(OH)–C–C–N with tert-alkyl or cyclic N) is 1. The van der Waals surface area contributed by atoms with Gasteiger partial charge in [-0.05, 0) is 74.2 Å². The molecule has 40 heavy (non-hydrogen) atoms. The van der Waals surface area contributed by atoms with Crippen LogP contribution in [0.25, 0.3) is 0 Å². The van der Waals surface area contributed by atoms with Gasteiger partial charge in [0.1, 0.15) is 11.6 Å². The number of ketones is 2. The molecule has 0 bridgehead atoms. The number of ether oxygens (including phenoxy) is 1. The number of nitrogens with zero attached hydrogens (tertiary/aromatic N) is 1. The number of allylic oxidation sites excluding steroid dienone is 1. The summed E-state index contributed by atoms with van der Waals surface area (Å²) >= 11 is 0. The van der Waals surface area contributed by atoms with Crippen LogP contribution >= 0.6 is 0 Å². The average Bonchev–Trinajstić information content (AvgIpc) is 3.44. The largest absolute Gasteiger partial charge is 0.480 e. The van der Waals surface area contributed by atoms with Crippen LogP contribution in [-0.2, 0) is 28.7 Å². The maximum absolute atomic E-state index is 13.4. The number of amides is 1. The van der Waals surface area contributed by atoms with E-state index in [4.69, 9.17) is 4.74 Å². The summed E-state index contributed by atoms with van der Waals surface area (Å²) in [6.45, 7) is 3.61. The Balaban J connectivity index is 1.18. The maximum Gasteiger partial charge on any atom is 0.326 e. The number of esters is 1. The second kappa shape index (κ2) is 10.4. The highest BCUT2D eigenvalue weighted by atomic mass is 16.5. The van der Waals surface area contributed by atoms with Crippen molar-refractivity contribution in [2.24, 2.45) is 28.6 Å². The number of carbonyl (C=O) groups is 5. The third-order valence-corrected chi connectivity index (χ3v) is 11.4. The number of carboxylic acids is 1. The van der Waals surface area contributed by atoms with E-state index in [1.54, 1.807) is 0 Å². The lowest BCUT2D eigenvalue weighted by Crippen LogP contribution is -2.58. The number of carbonyl (C=O) groups excluding carboxylic acids is 4. The molecule has 3 N–H and O–H groups in total. The van der Waals surface area contributed by atoms with E-state index in [0.717, 1.165) is 37.0 Å². The lowest BCUT2D eigenvalue weighted by Gasteiger charge is -2.58. The number of aliphatic carboxylic acids is 1. The molecule has 1 aliphatic heterocycles. The predicted octanol–water partition coefficient (Wildman–Crippen LogP) is 2.19. The van der Waals surface area contributed by atoms with Crippen molar-refractivity contribution in [1.29, 1.82) is 0 Å². The van der Waals surface area contributed by atoms with Gasteiger partial charge < -0.3 is 25.0 Å². The van der Waals surface area contributed by atoms with Crippen LogP contribution in [0, 0.1) is 28.6 Å². The van der Waals surface area contributed by atoms with Crippen LogP contribution in [0.15, 0.2) is 11.6 Å². The Morgan fingerprint density at radius 2 is 1.75 bits per heavy atom. The van der Waals surface area contributed by atoms with Crippen molar-refractivity contribution in [3.63, 3.8) is 0 Å². The first kappa shape index (κ1) is 28.9. The van der Waals surface area contributed by atoms with Crippen molar-refractivity contribution < 1.29 is 44.0 Å². The molecule has 5 aliphatic rings. The lowest BCUT2D eigenvalue weighted by molar-refractivity contribution is -0.170. The molecule has 220 valence electrons. The molecule has 10 nitrogen and oxygen atoms in total. The van der Waals surface area contributed by atoms with E-state index in [1.165, 1.54) is 5.57 Å². The summed E-state index contributed by atoms with van der Waals surface area (Å²) in [6, 6.07) is -1.13. The van der Waals surface area contributed by atoms with E-state index in [0.29, 0.717) is 31.1 Å². The Morgan fingerprint density at radius 1 is 1.02 bits per heavy atom. The van der Waals surface area contributed by atoms with Crippen molar-refractivity contribution in [3.05, 3.63) is 11.6 Å². The van der Waals surface area contributed by atoms with E-state index < -0.39 is 53.4 Å². The zero-order valence-corrected chi connectivity index (χ0v) is 23.4. The summed E-state index contributed by atoms with van der Waals surface area (Å²) in [5, 5.41) is 30.8. The molecule has 0 aromatic carbocycles. The van der Waals surface area contributed by atoms with Gasteiger partial charge in [0.15, 0.2) is 12.4 Å². The van der Waals surface area contributed by atoms with Gasteiger partial charge in [-0.15, -0.1) is 0 Å². The zero-order chi connectivity index (χ0) is 29.0. The van der Waals surface area contributed by atoms with Crippen LogP contribution in [0.2, 0.25) is 0 Å². The highest BCUT2D eigenvalue weighted by molar-refractivity contribution is 5.92. The number of hydrogen-bond donors (Lipinski definition) is 3. The van der Waals surface area contributed by atoms with Crippen molar-refractivity contribution in [1.82, 2.24) is 4.90 Å². The van der Waals surface area contributed by atoms with Gasteiger partial charge >= 0.3 is 11.9 Å². The van der Waals surface area contributed by atoms with Crippen LogP contribution in [-0.4, -0.2) is 80.5 Å². The number of Topliss-reactive ketones (excluding diaryl/α,β-unsaturated/α-hetero) is 1. The Hall–Kier alpha value is -2.59. The van der Waals surface area contributed by atoms with E-state index in [2.05, 4.69) is 6.92 Å². The average molecular weight is 560 g/mol. The molecule has 0 radical (unpaired) electrons. The molecule has 4 aliphatic carbocycles. The fourth-order valence-corrected chi connectivity index (χ4v) is 9.05. The van der Waals surface area contributed by atoms with Gasteiger partial charge in [0.05, 0.1) is 12.5 Å². The molecule has 1 heterocycles. The highest BCUT2D eigenvalue weighted by Crippen LogP contribution is 2.67. The standard InChI is InChI=1S/C30H41NO9/c1-28-10-7-18(32)13-17(28)3-4-20-21(28)8-11-29(2)22(20)9-12-30(29,39)24(34)16-40-26(36)6-5-25(35)31-15-19(33)14-23(31)27(37)38/h13,19-23,33,39H,3-12,14-16H2,1-2H3,(H,37,38)/t19-,20+,21-,22+,23+,28+,29+,30+/m1/s1. The topological polar surface area (TPSA) is 159 Å². The van der Waals surface area contributed by atoms with Crippen molar-refractivity contribution in [2.75, 3.05) is 13.2 Å². The Morgan fingerprint density at radius 3 is 2.48 bits per heavy atom. The SMILES string of the molecule is C[C@]12CCC(=O)C=C1CC[C@H]1[C@H]2CC[C@@]2(C)[C@H]1CC[C@]2(O)C(=O)COC(=O)CCC(=O)N1C[C@H](O)C[C@H]1C(=O)O. The van der Waals surface area contributed by atoms with E-state index in [9.17, 15) is 39.3 Å². The summed E-state index contributed by atoms with van der Waals surface area (Å²) in [7, 11) is 0. The quantitative estimate of drug-likeness (QED) is 0.398. The molecule has 1 saturated heterocycles. The minimum absolute atomic E-state index is 0.00647. The van der Waals surface area contributed by atoms with Gasteiger partial charge in [-0.2, -0.15) is 0 Å². The number of fused-ring (bicyclic) bond motifs is 5. The predicted molar refractivity (Wildman–Crippen MR) is 141 cm³/mol. The molecule has 5 rings (SSSR count). The van der Waals surface area contributed by atoms with Crippen molar-refractivity contribution >= 4 is 29.4 Å². The van der Waals surface area contributed by atoms with Crippen molar-refractivity contribution in [2.45, 2.75) is 102 Å². The molecule has 0 spiro atoms. The minimum atomic E-state index is -1.60. The first-order valence-electron chi connectivity index (χ1n) is 14.7. The molecule has 0 unspecified atom stereocenters. The number of rotatable bonds is 7. The van der Waals surface area contributed by atoms with Gasteiger partial charge in [0.25, 0.3) is 0 Å². The zero-order valence-electron chi connectivity index (χ0n) is 23.4. The van der Waals surface area contributed by atoms with Gasteiger partial charge in [0.2, 0.25) is 11.7 Å². The molecule has 0 aromatic heterocycles. The van der Waals surface area contributed by atoms with E-state index in [-0.39, 0.29) is 42.9 Å². The molecular weight excluding hydrogens is 518 g/mol. The molecule has 1 amide bonds. The molecule has 3 saturated carbocycles. The monoisotopic (exact) mass is 559 g/mol. The molecule has 10 heteroatoms. The normalized spacial score (nSPS) is 40.5.